The molecule has 0 saturated heterocycles. The van der Waals surface area contributed by atoms with Crippen molar-refractivity contribution >= 4 is 11.9 Å². The van der Waals surface area contributed by atoms with Gasteiger partial charge in [-0.25, -0.2) is 4.79 Å². The fourth-order valence-corrected chi connectivity index (χ4v) is 1.53. The maximum Gasteiger partial charge on any atom is 0.337 e. The van der Waals surface area contributed by atoms with E-state index in [1.807, 2.05) is 6.92 Å². The Morgan fingerprint density at radius 3 is 2.37 bits per heavy atom. The molecule has 0 unspecified atom stereocenters. The number of hydrogen-bond acceptors (Lipinski definition) is 4. The summed E-state index contributed by atoms with van der Waals surface area (Å²) in [6, 6.07) is 6.97. The highest BCUT2D eigenvalue weighted by Gasteiger charge is 2.10. The van der Waals surface area contributed by atoms with Gasteiger partial charge in [0.05, 0.1) is 12.7 Å². The van der Waals surface area contributed by atoms with Crippen molar-refractivity contribution in [2.24, 2.45) is 0 Å². The number of carbonyl (C=O) groups is 2. The number of rotatable bonds is 6. The Morgan fingerprint density at radius 1 is 1.21 bits per heavy atom. The second kappa shape index (κ2) is 7.53. The molecule has 0 aliphatic heterocycles. The summed E-state index contributed by atoms with van der Waals surface area (Å²) < 4.78 is 9.69. The molecular formula is C14H19NO4. The van der Waals surface area contributed by atoms with E-state index in [9.17, 15) is 9.59 Å². The lowest BCUT2D eigenvalue weighted by Gasteiger charge is -2.17. The van der Waals surface area contributed by atoms with E-state index in [0.717, 1.165) is 5.56 Å². The van der Waals surface area contributed by atoms with Crippen LogP contribution in [0, 0.1) is 0 Å². The van der Waals surface area contributed by atoms with Gasteiger partial charge in [-0.1, -0.05) is 12.1 Å². The average Bonchev–Trinajstić information content (AvgIpc) is 2.44. The van der Waals surface area contributed by atoms with Gasteiger partial charge in [0.25, 0.3) is 0 Å². The Kier molecular flexibility index (Phi) is 6.02. The van der Waals surface area contributed by atoms with E-state index >= 15 is 0 Å². The molecule has 0 atom stereocenters. The number of esters is 1. The Labute approximate surface area is 113 Å². The second-order valence-corrected chi connectivity index (χ2v) is 4.08. The molecule has 0 saturated carbocycles. The van der Waals surface area contributed by atoms with E-state index < -0.39 is 0 Å². The van der Waals surface area contributed by atoms with Crippen LogP contribution in [0.2, 0.25) is 0 Å². The molecule has 5 nitrogen and oxygen atoms in total. The number of amides is 1. The molecule has 1 rings (SSSR count). The van der Waals surface area contributed by atoms with Crippen LogP contribution >= 0.6 is 0 Å². The molecule has 0 heterocycles. The third kappa shape index (κ3) is 4.71. The first kappa shape index (κ1) is 15.2. The average molecular weight is 265 g/mol. The minimum atomic E-state index is -0.368. The number of benzene rings is 1. The first-order chi connectivity index (χ1) is 9.08. The molecule has 104 valence electrons. The highest BCUT2D eigenvalue weighted by Crippen LogP contribution is 2.08. The summed E-state index contributed by atoms with van der Waals surface area (Å²) in [6.07, 6.45) is 0. The summed E-state index contributed by atoms with van der Waals surface area (Å²) >= 11 is 0. The molecule has 0 aliphatic rings. The normalized spacial score (nSPS) is 10.1. The summed E-state index contributed by atoms with van der Waals surface area (Å²) in [6.45, 7) is 2.94. The second-order valence-electron chi connectivity index (χ2n) is 4.08. The van der Waals surface area contributed by atoms with E-state index in [1.54, 1.807) is 36.2 Å². The summed E-state index contributed by atoms with van der Waals surface area (Å²) in [5.41, 5.74) is 1.44. The molecule has 0 spiro atoms. The smallest absolute Gasteiger partial charge is 0.337 e. The first-order valence-corrected chi connectivity index (χ1v) is 6.07. The Morgan fingerprint density at radius 2 is 1.84 bits per heavy atom. The van der Waals surface area contributed by atoms with Crippen molar-refractivity contribution < 1.29 is 19.1 Å². The van der Waals surface area contributed by atoms with E-state index in [4.69, 9.17) is 4.74 Å². The van der Waals surface area contributed by atoms with Crippen molar-refractivity contribution in [1.82, 2.24) is 4.90 Å². The molecule has 1 aromatic carbocycles. The van der Waals surface area contributed by atoms with Gasteiger partial charge in [0, 0.05) is 20.2 Å². The molecule has 1 aromatic rings. The molecule has 19 heavy (non-hydrogen) atoms. The third-order valence-corrected chi connectivity index (χ3v) is 2.65. The summed E-state index contributed by atoms with van der Waals surface area (Å²) in [5.74, 6) is -0.439. The monoisotopic (exact) mass is 265 g/mol. The Hall–Kier alpha value is -1.88. The maximum absolute atomic E-state index is 11.7. The molecule has 0 fully saturated rings. The van der Waals surface area contributed by atoms with Crippen LogP contribution in [0.25, 0.3) is 0 Å². The van der Waals surface area contributed by atoms with Crippen LogP contribution in [0.3, 0.4) is 0 Å². The third-order valence-electron chi connectivity index (χ3n) is 2.65. The van der Waals surface area contributed by atoms with Gasteiger partial charge < -0.3 is 14.4 Å². The molecule has 0 N–H and O–H groups in total. The van der Waals surface area contributed by atoms with Crippen LogP contribution in [-0.4, -0.2) is 44.1 Å². The number of ether oxygens (including phenoxy) is 2. The van der Waals surface area contributed by atoms with Crippen LogP contribution in [0.1, 0.15) is 22.8 Å². The summed E-state index contributed by atoms with van der Waals surface area (Å²) in [5, 5.41) is 0. The topological polar surface area (TPSA) is 55.8 Å². The maximum atomic E-state index is 11.7. The zero-order valence-corrected chi connectivity index (χ0v) is 11.5. The highest BCUT2D eigenvalue weighted by atomic mass is 16.5. The minimum Gasteiger partial charge on any atom is -0.465 e. The lowest BCUT2D eigenvalue weighted by Crippen LogP contribution is -2.29. The predicted octanol–water partition coefficient (Wildman–Crippen LogP) is 1.47. The number of methoxy groups -OCH3 is 1. The zero-order valence-electron chi connectivity index (χ0n) is 11.5. The van der Waals surface area contributed by atoms with Crippen LogP contribution in [-0.2, 0) is 20.8 Å². The van der Waals surface area contributed by atoms with Crippen LogP contribution < -0.4 is 0 Å². The van der Waals surface area contributed by atoms with Gasteiger partial charge in [-0.2, -0.15) is 0 Å². The standard InChI is InChI=1S/C14H19NO4/c1-4-19-10-13(16)15(2)9-11-5-7-12(8-6-11)14(17)18-3/h5-8H,4,9-10H2,1-3H3. The van der Waals surface area contributed by atoms with Gasteiger partial charge in [0.1, 0.15) is 6.61 Å². The molecule has 0 aliphatic carbocycles. The molecular weight excluding hydrogens is 246 g/mol. The zero-order chi connectivity index (χ0) is 14.3. The predicted molar refractivity (Wildman–Crippen MR) is 70.7 cm³/mol. The summed E-state index contributed by atoms with van der Waals surface area (Å²) in [4.78, 5) is 24.5. The van der Waals surface area contributed by atoms with Gasteiger partial charge in [-0.05, 0) is 24.6 Å². The lowest BCUT2D eigenvalue weighted by atomic mass is 10.1. The fourth-order valence-electron chi connectivity index (χ4n) is 1.53. The van der Waals surface area contributed by atoms with Gasteiger partial charge in [-0.15, -0.1) is 0 Å². The van der Waals surface area contributed by atoms with E-state index in [-0.39, 0.29) is 18.5 Å². The van der Waals surface area contributed by atoms with Crippen LogP contribution in [0.15, 0.2) is 24.3 Å². The van der Waals surface area contributed by atoms with Crippen molar-refractivity contribution in [3.05, 3.63) is 35.4 Å². The quantitative estimate of drug-likeness (QED) is 0.731. The number of nitrogens with zero attached hydrogens (tertiary/aromatic N) is 1. The highest BCUT2D eigenvalue weighted by molar-refractivity contribution is 5.89. The van der Waals surface area contributed by atoms with Gasteiger partial charge in [0.15, 0.2) is 0 Å². The minimum absolute atomic E-state index is 0.0705. The van der Waals surface area contributed by atoms with Crippen molar-refractivity contribution in [1.29, 1.82) is 0 Å². The van der Waals surface area contributed by atoms with Crippen molar-refractivity contribution in [3.63, 3.8) is 0 Å². The van der Waals surface area contributed by atoms with Crippen LogP contribution in [0.4, 0.5) is 0 Å². The fraction of sp³-hybridized carbons (Fsp3) is 0.429. The molecule has 0 bridgehead atoms. The Bertz CT molecular complexity index is 428. The van der Waals surface area contributed by atoms with E-state index in [1.165, 1.54) is 7.11 Å². The van der Waals surface area contributed by atoms with Gasteiger partial charge >= 0.3 is 5.97 Å². The molecule has 1 amide bonds. The van der Waals surface area contributed by atoms with Crippen molar-refractivity contribution in [2.75, 3.05) is 27.4 Å². The largest absolute Gasteiger partial charge is 0.465 e. The number of likely N-dealkylation sites (N-methyl/N-ethyl adjacent to an activating group) is 1. The van der Waals surface area contributed by atoms with E-state index in [2.05, 4.69) is 4.74 Å². The van der Waals surface area contributed by atoms with Gasteiger partial charge in [-0.3, -0.25) is 4.79 Å². The Balaban J connectivity index is 2.57. The van der Waals surface area contributed by atoms with Crippen molar-refractivity contribution in [2.45, 2.75) is 13.5 Å². The van der Waals surface area contributed by atoms with Crippen molar-refractivity contribution in [3.8, 4) is 0 Å². The van der Waals surface area contributed by atoms with Crippen LogP contribution in [0.5, 0.6) is 0 Å². The molecule has 0 radical (unpaired) electrons. The lowest BCUT2D eigenvalue weighted by molar-refractivity contribution is -0.135. The number of carbonyl (C=O) groups excluding carboxylic acids is 2. The molecule has 0 aromatic heterocycles. The summed E-state index contributed by atoms with van der Waals surface area (Å²) in [7, 11) is 3.06. The first-order valence-electron chi connectivity index (χ1n) is 6.07. The molecule has 5 heteroatoms. The van der Waals surface area contributed by atoms with E-state index in [0.29, 0.717) is 18.7 Å². The number of hydrogen-bond donors (Lipinski definition) is 0. The SMILES string of the molecule is CCOCC(=O)N(C)Cc1ccc(C(=O)OC)cc1. The van der Waals surface area contributed by atoms with Gasteiger partial charge in [0.2, 0.25) is 5.91 Å².